The summed E-state index contributed by atoms with van der Waals surface area (Å²) in [5.74, 6) is 1.06. The molecule has 1 atom stereocenters. The van der Waals surface area contributed by atoms with E-state index in [1.165, 1.54) is 25.4 Å². The number of likely N-dealkylation sites (tertiary alicyclic amines) is 1. The zero-order valence-electron chi connectivity index (χ0n) is 16.8. The first kappa shape index (κ1) is 21.6. The molecule has 2 aromatic rings. The molecule has 1 aromatic heterocycles. The summed E-state index contributed by atoms with van der Waals surface area (Å²) in [6.45, 7) is 1.85. The van der Waals surface area contributed by atoms with Crippen molar-refractivity contribution < 1.29 is 22.7 Å². The fraction of sp³-hybridized carbons (Fsp3) is 0.421. The number of halogens is 3. The molecule has 1 saturated heterocycles. The number of alkyl halides is 3. The van der Waals surface area contributed by atoms with E-state index in [9.17, 15) is 18.0 Å². The van der Waals surface area contributed by atoms with Crippen LogP contribution in [0, 0.1) is 0 Å². The number of hydrogen-bond donors (Lipinski definition) is 2. The lowest BCUT2D eigenvalue weighted by Gasteiger charge is -2.27. The summed E-state index contributed by atoms with van der Waals surface area (Å²) in [5.41, 5.74) is -0.586. The highest BCUT2D eigenvalue weighted by Gasteiger charge is 2.30. The average Bonchev–Trinajstić information content (AvgIpc) is 3.13. The zero-order valence-corrected chi connectivity index (χ0v) is 16.8. The van der Waals surface area contributed by atoms with Crippen LogP contribution in [0.3, 0.4) is 0 Å². The molecule has 1 aliphatic rings. The van der Waals surface area contributed by atoms with Crippen LogP contribution in [0.2, 0.25) is 0 Å². The van der Waals surface area contributed by atoms with Crippen LogP contribution < -0.4 is 20.3 Å². The minimum atomic E-state index is -4.44. The number of nitrogens with zero attached hydrogens (tertiary/aromatic N) is 4. The number of benzene rings is 1. The Morgan fingerprint density at radius 1 is 1.27 bits per heavy atom. The molecule has 1 fully saturated rings. The number of carbonyl (C=O) groups excluding carboxylic acids is 1. The van der Waals surface area contributed by atoms with E-state index in [2.05, 4.69) is 25.5 Å². The lowest BCUT2D eigenvalue weighted by Crippen LogP contribution is -2.35. The monoisotopic (exact) mass is 424 g/mol. The quantitative estimate of drug-likeness (QED) is 0.767. The van der Waals surface area contributed by atoms with Crippen molar-refractivity contribution in [2.24, 2.45) is 0 Å². The van der Waals surface area contributed by atoms with Gasteiger partial charge in [0.2, 0.25) is 5.95 Å². The molecule has 0 aliphatic carbocycles. The van der Waals surface area contributed by atoms with Gasteiger partial charge in [0.25, 0.3) is 0 Å². The van der Waals surface area contributed by atoms with Gasteiger partial charge in [-0.25, -0.2) is 9.78 Å². The number of anilines is 3. The fourth-order valence-electron chi connectivity index (χ4n) is 3.23. The predicted octanol–water partition coefficient (Wildman–Crippen LogP) is 3.29. The van der Waals surface area contributed by atoms with Gasteiger partial charge in [0, 0.05) is 25.3 Å². The van der Waals surface area contributed by atoms with Crippen LogP contribution in [-0.2, 0) is 6.18 Å². The van der Waals surface area contributed by atoms with Gasteiger partial charge >= 0.3 is 12.2 Å². The lowest BCUT2D eigenvalue weighted by molar-refractivity contribution is -0.137. The van der Waals surface area contributed by atoms with E-state index in [0.717, 1.165) is 31.6 Å². The Morgan fingerprint density at radius 3 is 2.53 bits per heavy atom. The van der Waals surface area contributed by atoms with Crippen molar-refractivity contribution in [2.75, 3.05) is 49.8 Å². The van der Waals surface area contributed by atoms with Gasteiger partial charge in [0.15, 0.2) is 11.6 Å². The number of nitrogens with one attached hydrogen (secondary N) is 2. The van der Waals surface area contributed by atoms with Gasteiger partial charge in [-0.1, -0.05) is 0 Å². The molecule has 2 N–H and O–H groups in total. The number of amides is 2. The molecule has 2 amide bonds. The van der Waals surface area contributed by atoms with Crippen molar-refractivity contribution in [3.63, 3.8) is 0 Å². The van der Waals surface area contributed by atoms with Crippen LogP contribution in [0.1, 0.15) is 12.0 Å². The van der Waals surface area contributed by atoms with E-state index in [0.29, 0.717) is 11.6 Å². The minimum Gasteiger partial charge on any atom is -0.491 e. The van der Waals surface area contributed by atoms with E-state index in [1.807, 2.05) is 19.0 Å². The second-order valence-corrected chi connectivity index (χ2v) is 7.06. The van der Waals surface area contributed by atoms with Gasteiger partial charge in [0.1, 0.15) is 0 Å². The van der Waals surface area contributed by atoms with Crippen molar-refractivity contribution >= 4 is 23.5 Å². The smallest absolute Gasteiger partial charge is 0.416 e. The van der Waals surface area contributed by atoms with Crippen LogP contribution in [0.15, 0.2) is 30.5 Å². The van der Waals surface area contributed by atoms with E-state index in [-0.39, 0.29) is 17.7 Å². The van der Waals surface area contributed by atoms with Gasteiger partial charge in [-0.2, -0.15) is 18.2 Å². The molecule has 0 saturated carbocycles. The summed E-state index contributed by atoms with van der Waals surface area (Å²) in [5, 5.41) is 4.95. The molecular formula is C19H23F3N6O2. The number of ether oxygens (including phenoxy) is 1. The second-order valence-electron chi connectivity index (χ2n) is 7.06. The van der Waals surface area contributed by atoms with Crippen LogP contribution in [-0.4, -0.2) is 61.2 Å². The standard InChI is InChI=1S/C19H23F3N6O2/c1-27-9-8-14(11-27)28(2)16-15(30-3)10-23-17(25-16)26-18(29)24-13-6-4-12(5-7-13)19(20,21)22/h4-7,10,14H,8-9,11H2,1-3H3,(H2,23,24,25,26,29). The number of aromatic nitrogens is 2. The number of methoxy groups -OCH3 is 1. The zero-order chi connectivity index (χ0) is 21.9. The molecule has 1 unspecified atom stereocenters. The largest absolute Gasteiger partial charge is 0.491 e. The Morgan fingerprint density at radius 2 is 1.97 bits per heavy atom. The van der Waals surface area contributed by atoms with Gasteiger partial charge in [-0.3, -0.25) is 5.32 Å². The molecule has 2 heterocycles. The summed E-state index contributed by atoms with van der Waals surface area (Å²) in [4.78, 5) is 24.9. The number of rotatable bonds is 5. The molecular weight excluding hydrogens is 401 g/mol. The molecule has 1 aromatic carbocycles. The minimum absolute atomic E-state index is 0.0495. The Labute approximate surface area is 172 Å². The van der Waals surface area contributed by atoms with Crippen LogP contribution in [0.25, 0.3) is 0 Å². The first-order valence-corrected chi connectivity index (χ1v) is 9.25. The Balaban J connectivity index is 1.69. The average molecular weight is 424 g/mol. The van der Waals surface area contributed by atoms with Gasteiger partial charge in [-0.15, -0.1) is 0 Å². The van der Waals surface area contributed by atoms with Gasteiger partial charge in [-0.05, 0) is 44.3 Å². The second kappa shape index (κ2) is 8.74. The molecule has 3 rings (SSSR count). The highest BCUT2D eigenvalue weighted by molar-refractivity contribution is 5.98. The third-order valence-electron chi connectivity index (χ3n) is 4.90. The number of carbonyl (C=O) groups is 1. The summed E-state index contributed by atoms with van der Waals surface area (Å²) in [6, 6.07) is 3.71. The molecule has 0 radical (unpaired) electrons. The Hall–Kier alpha value is -3.08. The third-order valence-corrected chi connectivity index (χ3v) is 4.90. The van der Waals surface area contributed by atoms with E-state index in [4.69, 9.17) is 4.74 Å². The lowest BCUT2D eigenvalue weighted by atomic mass is 10.2. The van der Waals surface area contributed by atoms with Crippen molar-refractivity contribution in [3.05, 3.63) is 36.0 Å². The Kier molecular flexibility index (Phi) is 6.30. The number of likely N-dealkylation sites (N-methyl/N-ethyl adjacent to an activating group) is 2. The number of hydrogen-bond acceptors (Lipinski definition) is 6. The highest BCUT2D eigenvalue weighted by Crippen LogP contribution is 2.30. The topological polar surface area (TPSA) is 82.6 Å². The van der Waals surface area contributed by atoms with E-state index >= 15 is 0 Å². The van der Waals surface area contributed by atoms with Crippen LogP contribution in [0.5, 0.6) is 5.75 Å². The van der Waals surface area contributed by atoms with Gasteiger partial charge < -0.3 is 19.9 Å². The van der Waals surface area contributed by atoms with Crippen molar-refractivity contribution in [3.8, 4) is 5.75 Å². The molecule has 8 nitrogen and oxygen atoms in total. The first-order valence-electron chi connectivity index (χ1n) is 9.25. The van der Waals surface area contributed by atoms with E-state index < -0.39 is 17.8 Å². The normalized spacial score (nSPS) is 16.9. The van der Waals surface area contributed by atoms with Crippen LogP contribution >= 0.6 is 0 Å². The van der Waals surface area contributed by atoms with Crippen molar-refractivity contribution in [1.29, 1.82) is 0 Å². The Bertz CT molecular complexity index is 891. The maximum atomic E-state index is 12.6. The summed E-state index contributed by atoms with van der Waals surface area (Å²) in [6.07, 6.45) is -2.00. The van der Waals surface area contributed by atoms with Crippen LogP contribution in [0.4, 0.5) is 35.4 Å². The first-order chi connectivity index (χ1) is 14.2. The maximum absolute atomic E-state index is 12.6. The third kappa shape index (κ3) is 5.09. The van der Waals surface area contributed by atoms with Crippen molar-refractivity contribution in [1.82, 2.24) is 14.9 Å². The summed E-state index contributed by atoms with van der Waals surface area (Å²) in [7, 11) is 5.46. The number of urea groups is 1. The summed E-state index contributed by atoms with van der Waals surface area (Å²) < 4.78 is 43.3. The fourth-order valence-corrected chi connectivity index (χ4v) is 3.23. The van der Waals surface area contributed by atoms with E-state index in [1.54, 1.807) is 0 Å². The maximum Gasteiger partial charge on any atom is 0.416 e. The molecule has 11 heteroatoms. The molecule has 30 heavy (non-hydrogen) atoms. The summed E-state index contributed by atoms with van der Waals surface area (Å²) >= 11 is 0. The molecule has 162 valence electrons. The predicted molar refractivity (Wildman–Crippen MR) is 107 cm³/mol. The molecule has 1 aliphatic heterocycles. The highest BCUT2D eigenvalue weighted by atomic mass is 19.4. The molecule has 0 spiro atoms. The SMILES string of the molecule is COc1cnc(NC(=O)Nc2ccc(C(F)(F)F)cc2)nc1N(C)C1CCN(C)C1. The molecule has 0 bridgehead atoms. The van der Waals surface area contributed by atoms with Gasteiger partial charge in [0.05, 0.1) is 18.9 Å². The van der Waals surface area contributed by atoms with Crippen molar-refractivity contribution in [2.45, 2.75) is 18.6 Å².